The summed E-state index contributed by atoms with van der Waals surface area (Å²) in [4.78, 5) is 32.1. The van der Waals surface area contributed by atoms with Crippen LogP contribution < -0.4 is 15.4 Å². The highest BCUT2D eigenvalue weighted by Gasteiger charge is 2.22. The van der Waals surface area contributed by atoms with Gasteiger partial charge in [0.05, 0.1) is 6.20 Å². The second-order valence-electron chi connectivity index (χ2n) is 6.69. The Morgan fingerprint density at radius 1 is 1.13 bits per heavy atom. The van der Waals surface area contributed by atoms with Crippen molar-refractivity contribution in [1.82, 2.24) is 25.4 Å². The number of urea groups is 1. The van der Waals surface area contributed by atoms with Gasteiger partial charge in [-0.3, -0.25) is 15.1 Å². The van der Waals surface area contributed by atoms with E-state index in [2.05, 4.69) is 15.6 Å². The zero-order valence-electron chi connectivity index (χ0n) is 16.9. The van der Waals surface area contributed by atoms with E-state index < -0.39 is 6.23 Å². The van der Waals surface area contributed by atoms with Crippen molar-refractivity contribution in [2.24, 2.45) is 0 Å². The van der Waals surface area contributed by atoms with Crippen molar-refractivity contribution in [1.29, 1.82) is 0 Å². The summed E-state index contributed by atoms with van der Waals surface area (Å²) in [6.45, 7) is 2.81. The summed E-state index contributed by atoms with van der Waals surface area (Å²) in [7, 11) is 3.41. The summed E-state index contributed by atoms with van der Waals surface area (Å²) >= 11 is 0. The molecule has 3 rings (SSSR count). The summed E-state index contributed by atoms with van der Waals surface area (Å²) in [5.41, 5.74) is 1.31. The summed E-state index contributed by atoms with van der Waals surface area (Å²) in [5.74, 6) is 0.461. The highest BCUT2D eigenvalue weighted by Crippen LogP contribution is 2.20. The third-order valence-corrected chi connectivity index (χ3v) is 4.41. The number of nitrogens with one attached hydrogen (secondary N) is 2. The first kappa shape index (κ1) is 25.5. The smallest absolute Gasteiger partial charge is 0.320 e. The van der Waals surface area contributed by atoms with Crippen LogP contribution in [0, 0.1) is 0 Å². The number of ether oxygens (including phenoxy) is 1. The molecule has 1 aromatic carbocycles. The molecule has 3 amide bonds. The fraction of sp³-hybridized carbons (Fsp3) is 0.350. The van der Waals surface area contributed by atoms with Gasteiger partial charge in [0, 0.05) is 57.6 Å². The molecule has 1 fully saturated rings. The maximum absolute atomic E-state index is 12.7. The number of nitrogens with zero attached hydrogens (tertiary/aromatic N) is 3. The molecule has 1 atom stereocenters. The van der Waals surface area contributed by atoms with E-state index in [0.29, 0.717) is 24.4 Å². The van der Waals surface area contributed by atoms with Crippen molar-refractivity contribution in [3.8, 4) is 5.75 Å². The van der Waals surface area contributed by atoms with Gasteiger partial charge in [0.25, 0.3) is 5.91 Å². The lowest BCUT2D eigenvalue weighted by Gasteiger charge is -2.30. The van der Waals surface area contributed by atoms with Crippen LogP contribution in [0.15, 0.2) is 48.8 Å². The normalized spacial score (nSPS) is 13.9. The van der Waals surface area contributed by atoms with Crippen LogP contribution in [0.4, 0.5) is 4.79 Å². The van der Waals surface area contributed by atoms with E-state index in [0.717, 1.165) is 18.7 Å². The zero-order valence-corrected chi connectivity index (χ0v) is 18.5. The first-order valence-electron chi connectivity index (χ1n) is 9.19. The Morgan fingerprint density at radius 3 is 2.37 bits per heavy atom. The summed E-state index contributed by atoms with van der Waals surface area (Å²) in [6.07, 6.45) is 2.55. The molecule has 1 saturated heterocycles. The predicted molar refractivity (Wildman–Crippen MR) is 120 cm³/mol. The zero-order chi connectivity index (χ0) is 19.9. The first-order chi connectivity index (χ1) is 13.5. The fourth-order valence-corrected chi connectivity index (χ4v) is 2.86. The molecule has 0 radical (unpaired) electrons. The van der Waals surface area contributed by atoms with E-state index in [1.807, 2.05) is 0 Å². The SMILES string of the molecule is CN(C)C(=O)c1ccc(C(NC(=O)N2CCNCC2)Oc2cccnc2)cc1.Cl.Cl. The van der Waals surface area contributed by atoms with Gasteiger partial charge in [0.15, 0.2) is 6.23 Å². The average molecular weight is 456 g/mol. The van der Waals surface area contributed by atoms with Gasteiger partial charge in [-0.25, -0.2) is 4.79 Å². The lowest BCUT2D eigenvalue weighted by atomic mass is 10.1. The van der Waals surface area contributed by atoms with Crippen LogP contribution >= 0.6 is 24.8 Å². The van der Waals surface area contributed by atoms with Crippen LogP contribution in [0.5, 0.6) is 5.75 Å². The van der Waals surface area contributed by atoms with Gasteiger partial charge in [-0.15, -0.1) is 24.8 Å². The standard InChI is InChI=1S/C20H25N5O3.2ClH/c1-24(2)19(26)16-7-5-15(6-8-16)18(28-17-4-3-9-22-14-17)23-20(27)25-12-10-21-11-13-25;;/h3-9,14,18,21H,10-13H2,1-2H3,(H,23,27);2*1H. The number of amides is 3. The topological polar surface area (TPSA) is 86.8 Å². The van der Waals surface area contributed by atoms with Crippen LogP contribution in [-0.4, -0.2) is 67.0 Å². The van der Waals surface area contributed by atoms with Crippen molar-refractivity contribution >= 4 is 36.8 Å². The highest BCUT2D eigenvalue weighted by molar-refractivity contribution is 5.93. The molecule has 1 aliphatic heterocycles. The number of piperazine rings is 1. The number of hydrogen-bond donors (Lipinski definition) is 2. The Bertz CT molecular complexity index is 800. The molecule has 0 saturated carbocycles. The number of hydrogen-bond acceptors (Lipinski definition) is 5. The maximum Gasteiger partial charge on any atom is 0.320 e. The third-order valence-electron chi connectivity index (χ3n) is 4.41. The molecule has 1 unspecified atom stereocenters. The second-order valence-corrected chi connectivity index (χ2v) is 6.69. The molecule has 2 N–H and O–H groups in total. The van der Waals surface area contributed by atoms with Crippen LogP contribution in [0.25, 0.3) is 0 Å². The lowest BCUT2D eigenvalue weighted by Crippen LogP contribution is -2.51. The Hall–Kier alpha value is -2.55. The van der Waals surface area contributed by atoms with E-state index in [4.69, 9.17) is 4.74 Å². The number of halogens is 2. The average Bonchev–Trinajstić information content (AvgIpc) is 2.74. The van der Waals surface area contributed by atoms with E-state index in [-0.39, 0.29) is 36.8 Å². The summed E-state index contributed by atoms with van der Waals surface area (Å²) in [5, 5.41) is 6.16. The van der Waals surface area contributed by atoms with Crippen molar-refractivity contribution in [3.63, 3.8) is 0 Å². The van der Waals surface area contributed by atoms with E-state index in [1.54, 1.807) is 67.8 Å². The molecular weight excluding hydrogens is 429 g/mol. The Morgan fingerprint density at radius 2 is 1.80 bits per heavy atom. The van der Waals surface area contributed by atoms with Gasteiger partial charge >= 0.3 is 6.03 Å². The molecule has 1 aliphatic rings. The van der Waals surface area contributed by atoms with Crippen LogP contribution in [0.3, 0.4) is 0 Å². The fourth-order valence-electron chi connectivity index (χ4n) is 2.86. The van der Waals surface area contributed by atoms with E-state index >= 15 is 0 Å². The van der Waals surface area contributed by atoms with Gasteiger partial charge in [-0.1, -0.05) is 12.1 Å². The van der Waals surface area contributed by atoms with Crippen LogP contribution in [0.2, 0.25) is 0 Å². The molecular formula is C20H27Cl2N5O3. The maximum atomic E-state index is 12.7. The molecule has 164 valence electrons. The molecule has 8 nitrogen and oxygen atoms in total. The van der Waals surface area contributed by atoms with Crippen LogP contribution in [-0.2, 0) is 0 Å². The number of benzene rings is 1. The van der Waals surface area contributed by atoms with Crippen LogP contribution in [0.1, 0.15) is 22.1 Å². The van der Waals surface area contributed by atoms with Gasteiger partial charge in [0.1, 0.15) is 5.75 Å². The van der Waals surface area contributed by atoms with Gasteiger partial charge < -0.3 is 19.9 Å². The monoisotopic (exact) mass is 455 g/mol. The minimum atomic E-state index is -0.699. The highest BCUT2D eigenvalue weighted by atomic mass is 35.5. The van der Waals surface area contributed by atoms with Crippen molar-refractivity contribution in [2.75, 3.05) is 40.3 Å². The minimum Gasteiger partial charge on any atom is -0.465 e. The molecule has 0 spiro atoms. The number of rotatable bonds is 5. The Balaban J connectivity index is 0.00000225. The number of aromatic nitrogens is 1. The summed E-state index contributed by atoms with van der Waals surface area (Å²) in [6, 6.07) is 10.4. The number of carbonyl (C=O) groups excluding carboxylic acids is 2. The summed E-state index contributed by atoms with van der Waals surface area (Å²) < 4.78 is 5.98. The van der Waals surface area contributed by atoms with Crippen molar-refractivity contribution in [2.45, 2.75) is 6.23 Å². The van der Waals surface area contributed by atoms with Gasteiger partial charge in [-0.2, -0.15) is 0 Å². The molecule has 2 aromatic rings. The lowest BCUT2D eigenvalue weighted by molar-refractivity contribution is 0.0827. The first-order valence-corrected chi connectivity index (χ1v) is 9.19. The Kier molecular flexibility index (Phi) is 10.4. The Labute approximate surface area is 188 Å². The quantitative estimate of drug-likeness (QED) is 0.675. The van der Waals surface area contributed by atoms with E-state index in [1.165, 1.54) is 4.90 Å². The molecule has 10 heteroatoms. The van der Waals surface area contributed by atoms with Crippen molar-refractivity contribution < 1.29 is 14.3 Å². The minimum absolute atomic E-state index is 0. The largest absolute Gasteiger partial charge is 0.465 e. The molecule has 30 heavy (non-hydrogen) atoms. The third kappa shape index (κ3) is 6.76. The van der Waals surface area contributed by atoms with Crippen molar-refractivity contribution in [3.05, 3.63) is 59.9 Å². The molecule has 1 aromatic heterocycles. The second kappa shape index (κ2) is 12.2. The number of carbonyl (C=O) groups is 2. The molecule has 0 aliphatic carbocycles. The van der Waals surface area contributed by atoms with Gasteiger partial charge in [0.2, 0.25) is 0 Å². The number of pyridine rings is 1. The van der Waals surface area contributed by atoms with E-state index in [9.17, 15) is 9.59 Å². The predicted octanol–water partition coefficient (Wildman–Crippen LogP) is 2.32. The molecule has 0 bridgehead atoms. The molecule has 2 heterocycles. The van der Waals surface area contributed by atoms with Gasteiger partial charge in [-0.05, 0) is 24.3 Å².